The number of hydrogen-bond acceptors (Lipinski definition) is 5. The number of hydrogen-bond donors (Lipinski definition) is 0. The number of rotatable bonds is 4. The smallest absolute Gasteiger partial charge is 0.325 e. The van der Waals surface area contributed by atoms with E-state index >= 15 is 0 Å². The number of ether oxygens (including phenoxy) is 2. The van der Waals surface area contributed by atoms with Crippen LogP contribution in [0.1, 0.15) is 10.4 Å². The SMILES string of the molecule is COC(=O)Cn1c(=NC(=O)c2cccc3ccccc23)sc2cccc(OC)c21. The van der Waals surface area contributed by atoms with E-state index in [-0.39, 0.29) is 12.5 Å². The molecule has 0 aliphatic carbocycles. The van der Waals surface area contributed by atoms with Gasteiger partial charge in [0, 0.05) is 5.56 Å². The lowest BCUT2D eigenvalue weighted by atomic mass is 10.0. The molecule has 0 N–H and O–H groups in total. The number of fused-ring (bicyclic) bond motifs is 2. The molecule has 0 radical (unpaired) electrons. The van der Waals surface area contributed by atoms with Crippen molar-refractivity contribution in [1.82, 2.24) is 4.57 Å². The third-order valence-electron chi connectivity index (χ3n) is 4.62. The highest BCUT2D eigenvalue weighted by Crippen LogP contribution is 2.27. The second-order valence-corrected chi connectivity index (χ2v) is 7.31. The summed E-state index contributed by atoms with van der Waals surface area (Å²) in [4.78, 5) is 29.8. The second kappa shape index (κ2) is 7.89. The number of carbonyl (C=O) groups excluding carboxylic acids is 2. The maximum atomic E-state index is 13.0. The topological polar surface area (TPSA) is 69.9 Å². The number of nitrogens with zero attached hydrogens (tertiary/aromatic N) is 2. The molecule has 3 aromatic carbocycles. The average molecular weight is 406 g/mol. The van der Waals surface area contributed by atoms with Crippen molar-refractivity contribution in [2.45, 2.75) is 6.54 Å². The van der Waals surface area contributed by atoms with E-state index < -0.39 is 5.97 Å². The summed E-state index contributed by atoms with van der Waals surface area (Å²) in [6.07, 6.45) is 0. The largest absolute Gasteiger partial charge is 0.495 e. The molecule has 6 nitrogen and oxygen atoms in total. The Bertz CT molecular complexity index is 1300. The number of amides is 1. The van der Waals surface area contributed by atoms with Crippen LogP contribution in [0.25, 0.3) is 21.0 Å². The second-order valence-electron chi connectivity index (χ2n) is 6.30. The van der Waals surface area contributed by atoms with E-state index in [1.165, 1.54) is 18.4 Å². The molecule has 1 aromatic heterocycles. The van der Waals surface area contributed by atoms with Crippen LogP contribution in [0, 0.1) is 0 Å². The molecule has 1 heterocycles. The summed E-state index contributed by atoms with van der Waals surface area (Å²) >= 11 is 1.32. The molecule has 4 rings (SSSR count). The number of methoxy groups -OCH3 is 2. The Labute approximate surface area is 170 Å². The summed E-state index contributed by atoms with van der Waals surface area (Å²) in [6.45, 7) is -0.0709. The Morgan fingerprint density at radius 1 is 1.00 bits per heavy atom. The fraction of sp³-hybridized carbons (Fsp3) is 0.136. The van der Waals surface area contributed by atoms with E-state index in [1.54, 1.807) is 23.8 Å². The lowest BCUT2D eigenvalue weighted by Crippen LogP contribution is -2.22. The quantitative estimate of drug-likeness (QED) is 0.484. The number of benzene rings is 3. The van der Waals surface area contributed by atoms with Gasteiger partial charge in [-0.25, -0.2) is 0 Å². The summed E-state index contributed by atoms with van der Waals surface area (Å²) in [5.74, 6) is -0.206. The summed E-state index contributed by atoms with van der Waals surface area (Å²) < 4.78 is 12.8. The van der Waals surface area contributed by atoms with E-state index in [2.05, 4.69) is 4.99 Å². The molecular formula is C22H18N2O4S. The maximum Gasteiger partial charge on any atom is 0.325 e. The van der Waals surface area contributed by atoms with Crippen LogP contribution in [-0.4, -0.2) is 30.7 Å². The molecule has 0 saturated heterocycles. The predicted octanol–water partition coefficient (Wildman–Crippen LogP) is 3.78. The van der Waals surface area contributed by atoms with Crippen LogP contribution in [0.4, 0.5) is 0 Å². The summed E-state index contributed by atoms with van der Waals surface area (Å²) in [7, 11) is 2.89. The van der Waals surface area contributed by atoms with Gasteiger partial charge in [-0.2, -0.15) is 4.99 Å². The van der Waals surface area contributed by atoms with Gasteiger partial charge in [-0.1, -0.05) is 53.8 Å². The van der Waals surface area contributed by atoms with Gasteiger partial charge >= 0.3 is 5.97 Å². The van der Waals surface area contributed by atoms with Crippen molar-refractivity contribution in [3.63, 3.8) is 0 Å². The molecule has 0 saturated carbocycles. The highest BCUT2D eigenvalue weighted by Gasteiger charge is 2.16. The zero-order valence-corrected chi connectivity index (χ0v) is 16.7. The monoisotopic (exact) mass is 406 g/mol. The van der Waals surface area contributed by atoms with Gasteiger partial charge in [0.1, 0.15) is 17.8 Å². The van der Waals surface area contributed by atoms with Gasteiger partial charge in [0.05, 0.1) is 18.9 Å². The minimum absolute atomic E-state index is 0.0709. The van der Waals surface area contributed by atoms with Crippen molar-refractivity contribution < 1.29 is 19.1 Å². The zero-order valence-electron chi connectivity index (χ0n) is 15.9. The molecule has 4 aromatic rings. The summed E-state index contributed by atoms with van der Waals surface area (Å²) in [6, 6.07) is 18.8. The predicted molar refractivity (Wildman–Crippen MR) is 112 cm³/mol. The van der Waals surface area contributed by atoms with Crippen LogP contribution >= 0.6 is 11.3 Å². The van der Waals surface area contributed by atoms with E-state index in [4.69, 9.17) is 9.47 Å². The number of thiazole rings is 1. The molecule has 0 unspecified atom stereocenters. The molecule has 0 aliphatic rings. The van der Waals surface area contributed by atoms with Crippen molar-refractivity contribution in [1.29, 1.82) is 0 Å². The van der Waals surface area contributed by atoms with Crippen molar-refractivity contribution in [2.24, 2.45) is 4.99 Å². The van der Waals surface area contributed by atoms with Crippen molar-refractivity contribution in [3.05, 3.63) is 71.0 Å². The van der Waals surface area contributed by atoms with Crippen LogP contribution < -0.4 is 9.54 Å². The molecule has 7 heteroatoms. The van der Waals surface area contributed by atoms with Crippen LogP contribution in [0.2, 0.25) is 0 Å². The molecular weight excluding hydrogens is 388 g/mol. The fourth-order valence-corrected chi connectivity index (χ4v) is 4.29. The molecule has 0 atom stereocenters. The molecule has 0 spiro atoms. The van der Waals surface area contributed by atoms with Gasteiger partial charge in [-0.3, -0.25) is 9.59 Å². The highest BCUT2D eigenvalue weighted by molar-refractivity contribution is 7.16. The fourth-order valence-electron chi connectivity index (χ4n) is 3.25. The highest BCUT2D eigenvalue weighted by atomic mass is 32.1. The molecule has 0 fully saturated rings. The van der Waals surface area contributed by atoms with E-state index in [9.17, 15) is 9.59 Å². The summed E-state index contributed by atoms with van der Waals surface area (Å²) in [5, 5.41) is 1.80. The summed E-state index contributed by atoms with van der Waals surface area (Å²) in [5.41, 5.74) is 1.21. The van der Waals surface area contributed by atoms with Gasteiger partial charge in [0.2, 0.25) is 0 Å². The van der Waals surface area contributed by atoms with Gasteiger partial charge in [0.15, 0.2) is 4.80 Å². The van der Waals surface area contributed by atoms with E-state index in [0.29, 0.717) is 21.6 Å². The van der Waals surface area contributed by atoms with Crippen molar-refractivity contribution in [3.8, 4) is 5.75 Å². The Balaban J connectivity index is 1.92. The van der Waals surface area contributed by atoms with Gasteiger partial charge in [0.25, 0.3) is 5.91 Å². The number of esters is 1. The Morgan fingerprint density at radius 3 is 2.55 bits per heavy atom. The Kier molecular flexibility index (Phi) is 5.14. The van der Waals surface area contributed by atoms with Gasteiger partial charge in [-0.15, -0.1) is 0 Å². The lowest BCUT2D eigenvalue weighted by molar-refractivity contribution is -0.141. The van der Waals surface area contributed by atoms with E-state index in [1.807, 2.05) is 48.5 Å². The first-order chi connectivity index (χ1) is 14.1. The molecule has 146 valence electrons. The molecule has 1 amide bonds. The Hall–Kier alpha value is -3.45. The van der Waals surface area contributed by atoms with Crippen LogP contribution in [0.5, 0.6) is 5.75 Å². The maximum absolute atomic E-state index is 13.0. The first kappa shape index (κ1) is 18.9. The van der Waals surface area contributed by atoms with Gasteiger partial charge in [-0.05, 0) is 29.0 Å². The van der Waals surface area contributed by atoms with Crippen molar-refractivity contribution in [2.75, 3.05) is 14.2 Å². The first-order valence-electron chi connectivity index (χ1n) is 8.92. The molecule has 29 heavy (non-hydrogen) atoms. The normalized spacial score (nSPS) is 11.7. The van der Waals surface area contributed by atoms with Crippen LogP contribution in [0.15, 0.2) is 65.7 Å². The zero-order chi connectivity index (χ0) is 20.4. The number of para-hydroxylation sites is 1. The van der Waals surface area contributed by atoms with Crippen LogP contribution in [-0.2, 0) is 16.1 Å². The van der Waals surface area contributed by atoms with Crippen LogP contribution in [0.3, 0.4) is 0 Å². The number of aromatic nitrogens is 1. The minimum Gasteiger partial charge on any atom is -0.495 e. The number of carbonyl (C=O) groups is 2. The molecule has 0 bridgehead atoms. The minimum atomic E-state index is -0.435. The van der Waals surface area contributed by atoms with Crippen molar-refractivity contribution >= 4 is 44.2 Å². The van der Waals surface area contributed by atoms with Gasteiger partial charge < -0.3 is 14.0 Å². The average Bonchev–Trinajstić information content (AvgIpc) is 3.10. The Morgan fingerprint density at radius 2 is 1.76 bits per heavy atom. The first-order valence-corrected chi connectivity index (χ1v) is 9.74. The molecule has 0 aliphatic heterocycles. The standard InChI is InChI=1S/C22H18N2O4S/c1-27-17-11-6-12-18-20(17)24(13-19(25)28-2)22(29-18)23-21(26)16-10-5-8-14-7-3-4-9-15(14)16/h3-12H,13H2,1-2H3. The van der Waals surface area contributed by atoms with E-state index in [0.717, 1.165) is 15.5 Å². The lowest BCUT2D eigenvalue weighted by Gasteiger charge is -2.07. The third kappa shape index (κ3) is 3.52. The third-order valence-corrected chi connectivity index (χ3v) is 5.66.